The molecule has 0 saturated carbocycles. The highest BCUT2D eigenvalue weighted by Gasteiger charge is 2.72. The van der Waals surface area contributed by atoms with Gasteiger partial charge in [0.1, 0.15) is 10.8 Å². The standard InChI is InChI=1S/C24H40F6/c1-5-9-11-13-15-17-19-21(7-3,23(25,26)27)22(8-4,24(28,29)30)20-18-16-14-12-10-6-2/h7-8H,3-6,9-20H2,1-2H3. The van der Waals surface area contributed by atoms with Gasteiger partial charge < -0.3 is 0 Å². The first kappa shape index (κ1) is 29.1. The van der Waals surface area contributed by atoms with Crippen molar-refractivity contribution in [3.05, 3.63) is 25.3 Å². The molecular weight excluding hydrogens is 402 g/mol. The number of unbranched alkanes of at least 4 members (excludes halogenated alkanes) is 10. The van der Waals surface area contributed by atoms with Crippen LogP contribution in [0.15, 0.2) is 25.3 Å². The summed E-state index contributed by atoms with van der Waals surface area (Å²) in [6.45, 7) is 10.6. The maximum atomic E-state index is 14.3. The molecule has 0 N–H and O–H groups in total. The first-order valence-corrected chi connectivity index (χ1v) is 11.4. The van der Waals surface area contributed by atoms with Gasteiger partial charge in [-0.05, 0) is 12.8 Å². The highest BCUT2D eigenvalue weighted by molar-refractivity contribution is 5.20. The summed E-state index contributed by atoms with van der Waals surface area (Å²) in [4.78, 5) is 0. The van der Waals surface area contributed by atoms with Crippen molar-refractivity contribution in [2.45, 2.75) is 116 Å². The Labute approximate surface area is 179 Å². The molecule has 0 spiro atoms. The highest BCUT2D eigenvalue weighted by Crippen LogP contribution is 2.64. The number of allylic oxidation sites excluding steroid dienone is 2. The van der Waals surface area contributed by atoms with Gasteiger partial charge in [0.05, 0.1) is 0 Å². The number of alkyl halides is 6. The molecule has 0 bridgehead atoms. The lowest BCUT2D eigenvalue weighted by Gasteiger charge is -2.49. The Balaban J connectivity index is 5.70. The van der Waals surface area contributed by atoms with Crippen LogP contribution in [-0.4, -0.2) is 12.4 Å². The quantitative estimate of drug-likeness (QED) is 0.119. The zero-order valence-corrected chi connectivity index (χ0v) is 18.7. The molecule has 0 fully saturated rings. The zero-order chi connectivity index (χ0) is 23.3. The van der Waals surface area contributed by atoms with Gasteiger partial charge in [-0.15, -0.1) is 13.2 Å². The monoisotopic (exact) mass is 442 g/mol. The highest BCUT2D eigenvalue weighted by atomic mass is 19.4. The zero-order valence-electron chi connectivity index (χ0n) is 18.7. The maximum Gasteiger partial charge on any atom is 0.399 e. The smallest absolute Gasteiger partial charge is 0.170 e. The number of halogens is 6. The van der Waals surface area contributed by atoms with Crippen LogP contribution in [0.5, 0.6) is 0 Å². The molecule has 0 aromatic heterocycles. The van der Waals surface area contributed by atoms with Crippen LogP contribution in [-0.2, 0) is 0 Å². The largest absolute Gasteiger partial charge is 0.399 e. The van der Waals surface area contributed by atoms with Crippen molar-refractivity contribution in [3.8, 4) is 0 Å². The molecule has 0 amide bonds. The molecule has 0 aromatic rings. The van der Waals surface area contributed by atoms with Crippen molar-refractivity contribution in [1.29, 1.82) is 0 Å². The molecule has 0 aliphatic heterocycles. The lowest BCUT2D eigenvalue weighted by molar-refractivity contribution is -0.315. The molecule has 2 atom stereocenters. The van der Waals surface area contributed by atoms with Gasteiger partial charge in [0, 0.05) is 0 Å². The summed E-state index contributed by atoms with van der Waals surface area (Å²) in [6, 6.07) is 0. The van der Waals surface area contributed by atoms with E-state index in [1.807, 2.05) is 13.8 Å². The van der Waals surface area contributed by atoms with Crippen LogP contribution in [0.2, 0.25) is 0 Å². The Morgan fingerprint density at radius 1 is 0.500 bits per heavy atom. The van der Waals surface area contributed by atoms with Crippen LogP contribution in [0.25, 0.3) is 0 Å². The van der Waals surface area contributed by atoms with Crippen molar-refractivity contribution < 1.29 is 26.3 Å². The predicted octanol–water partition coefficient (Wildman–Crippen LogP) is 9.96. The SMILES string of the molecule is C=CC(CCCCCCCC)(C(F)(F)F)C(C=C)(CCCCCCCC)C(F)(F)F. The number of hydrogen-bond acceptors (Lipinski definition) is 0. The molecule has 2 unspecified atom stereocenters. The van der Waals surface area contributed by atoms with Crippen molar-refractivity contribution in [1.82, 2.24) is 0 Å². The van der Waals surface area contributed by atoms with Gasteiger partial charge in [0.15, 0.2) is 0 Å². The van der Waals surface area contributed by atoms with Crippen molar-refractivity contribution in [3.63, 3.8) is 0 Å². The van der Waals surface area contributed by atoms with Gasteiger partial charge in [-0.1, -0.05) is 103 Å². The lowest BCUT2D eigenvalue weighted by Crippen LogP contribution is -2.57. The fourth-order valence-corrected chi connectivity index (χ4v) is 4.40. The second-order valence-corrected chi connectivity index (χ2v) is 8.38. The number of hydrogen-bond donors (Lipinski definition) is 0. The normalized spacial score (nSPS) is 16.7. The van der Waals surface area contributed by atoms with Crippen molar-refractivity contribution >= 4 is 0 Å². The van der Waals surface area contributed by atoms with E-state index in [2.05, 4.69) is 13.2 Å². The second-order valence-electron chi connectivity index (χ2n) is 8.38. The summed E-state index contributed by atoms with van der Waals surface area (Å²) < 4.78 is 85.6. The Kier molecular flexibility index (Phi) is 13.0. The fourth-order valence-electron chi connectivity index (χ4n) is 4.40. The Bertz CT molecular complexity index is 435. The van der Waals surface area contributed by atoms with E-state index < -0.39 is 36.0 Å². The molecule has 0 radical (unpaired) electrons. The summed E-state index contributed by atoms with van der Waals surface area (Å²) in [7, 11) is 0. The first-order chi connectivity index (χ1) is 14.0. The first-order valence-electron chi connectivity index (χ1n) is 11.4. The predicted molar refractivity (Wildman–Crippen MR) is 113 cm³/mol. The van der Waals surface area contributed by atoms with Crippen LogP contribution in [0.1, 0.15) is 104 Å². The lowest BCUT2D eigenvalue weighted by atomic mass is 9.57. The summed E-state index contributed by atoms with van der Waals surface area (Å²) in [6.07, 6.45) is -2.09. The third kappa shape index (κ3) is 7.33. The van der Waals surface area contributed by atoms with Crippen molar-refractivity contribution in [2.24, 2.45) is 10.8 Å². The number of rotatable bonds is 17. The van der Waals surface area contributed by atoms with E-state index in [-0.39, 0.29) is 12.8 Å². The minimum Gasteiger partial charge on any atom is -0.170 e. The van der Waals surface area contributed by atoms with E-state index in [0.29, 0.717) is 25.0 Å². The van der Waals surface area contributed by atoms with Crippen LogP contribution in [0.3, 0.4) is 0 Å². The third-order valence-electron chi connectivity index (χ3n) is 6.35. The van der Waals surface area contributed by atoms with E-state index in [4.69, 9.17) is 0 Å². The molecule has 0 heterocycles. The molecule has 30 heavy (non-hydrogen) atoms. The van der Waals surface area contributed by atoms with Gasteiger partial charge >= 0.3 is 12.4 Å². The topological polar surface area (TPSA) is 0 Å². The maximum absolute atomic E-state index is 14.3. The van der Waals surface area contributed by atoms with E-state index in [1.165, 1.54) is 0 Å². The third-order valence-corrected chi connectivity index (χ3v) is 6.35. The molecule has 0 nitrogen and oxygen atoms in total. The fraction of sp³-hybridized carbons (Fsp3) is 0.833. The molecule has 0 saturated heterocycles. The van der Waals surface area contributed by atoms with Gasteiger partial charge in [0.25, 0.3) is 0 Å². The summed E-state index contributed by atoms with van der Waals surface area (Å²) in [5.41, 5.74) is -6.12. The van der Waals surface area contributed by atoms with Gasteiger partial charge in [-0.25, -0.2) is 0 Å². The Hall–Kier alpha value is -0.940. The average Bonchev–Trinajstić information content (AvgIpc) is 2.66. The summed E-state index contributed by atoms with van der Waals surface area (Å²) >= 11 is 0. The minimum absolute atomic E-state index is 0.0808. The van der Waals surface area contributed by atoms with Gasteiger partial charge in [0.2, 0.25) is 0 Å². The van der Waals surface area contributed by atoms with Crippen LogP contribution < -0.4 is 0 Å². The van der Waals surface area contributed by atoms with Crippen molar-refractivity contribution in [2.75, 3.05) is 0 Å². The van der Waals surface area contributed by atoms with E-state index in [1.54, 1.807) is 0 Å². The summed E-state index contributed by atoms with van der Waals surface area (Å²) in [5.74, 6) is 0. The molecule has 178 valence electrons. The van der Waals surface area contributed by atoms with Crippen LogP contribution >= 0.6 is 0 Å². The van der Waals surface area contributed by atoms with E-state index >= 15 is 0 Å². The second kappa shape index (κ2) is 13.5. The van der Waals surface area contributed by atoms with Gasteiger partial charge in [-0.2, -0.15) is 26.3 Å². The molecule has 6 heteroatoms. The minimum atomic E-state index is -5.07. The summed E-state index contributed by atoms with van der Waals surface area (Å²) in [5, 5.41) is 0. The van der Waals surface area contributed by atoms with Crippen LogP contribution in [0.4, 0.5) is 26.3 Å². The molecular formula is C24H40F6. The molecule has 0 aromatic carbocycles. The molecule has 0 aliphatic rings. The van der Waals surface area contributed by atoms with Gasteiger partial charge in [-0.3, -0.25) is 0 Å². The molecule has 0 aliphatic carbocycles. The molecule has 0 rings (SSSR count). The average molecular weight is 443 g/mol. The van der Waals surface area contributed by atoms with Crippen LogP contribution in [0, 0.1) is 10.8 Å². The van der Waals surface area contributed by atoms with E-state index in [9.17, 15) is 26.3 Å². The Morgan fingerprint density at radius 2 is 0.767 bits per heavy atom. The van der Waals surface area contributed by atoms with E-state index in [0.717, 1.165) is 51.4 Å². The Morgan fingerprint density at radius 3 is 1.00 bits per heavy atom.